The van der Waals surface area contributed by atoms with Crippen LogP contribution in [-0.2, 0) is 13.1 Å². The molecule has 0 aliphatic carbocycles. The number of carbonyl (C=O) groups excluding carboxylic acids is 1. The maximum absolute atomic E-state index is 12.4. The van der Waals surface area contributed by atoms with E-state index in [9.17, 15) is 4.79 Å². The molecular weight excluding hydrogens is 292 g/mol. The summed E-state index contributed by atoms with van der Waals surface area (Å²) in [6.45, 7) is 3.31. The van der Waals surface area contributed by atoms with Crippen molar-refractivity contribution in [2.24, 2.45) is 0 Å². The first kappa shape index (κ1) is 15.0. The Morgan fingerprint density at radius 2 is 2.09 bits per heavy atom. The number of nitrogens with zero attached hydrogens (tertiary/aromatic N) is 4. The van der Waals surface area contributed by atoms with Gasteiger partial charge in [0.15, 0.2) is 11.5 Å². The summed E-state index contributed by atoms with van der Waals surface area (Å²) in [5.41, 5.74) is 2.18. The predicted octanol–water partition coefficient (Wildman–Crippen LogP) is 2.83. The van der Waals surface area contributed by atoms with Gasteiger partial charge in [0, 0.05) is 43.5 Å². The van der Waals surface area contributed by atoms with E-state index in [1.165, 1.54) is 0 Å². The first-order chi connectivity index (χ1) is 11.2. The second-order valence-corrected chi connectivity index (χ2v) is 5.31. The van der Waals surface area contributed by atoms with Gasteiger partial charge in [-0.25, -0.2) is 0 Å². The van der Waals surface area contributed by atoms with E-state index in [0.29, 0.717) is 18.0 Å². The van der Waals surface area contributed by atoms with Crippen LogP contribution < -0.4 is 0 Å². The molecule has 0 atom stereocenters. The maximum atomic E-state index is 12.4. The number of rotatable bonds is 5. The second kappa shape index (κ2) is 6.48. The normalized spacial score (nSPS) is 10.7. The van der Waals surface area contributed by atoms with Gasteiger partial charge in [0.05, 0.1) is 6.20 Å². The fourth-order valence-corrected chi connectivity index (χ4v) is 2.32. The van der Waals surface area contributed by atoms with Gasteiger partial charge in [-0.2, -0.15) is 5.10 Å². The average Bonchev–Trinajstić information content (AvgIpc) is 3.24. The number of aromatic nitrogens is 3. The first-order valence-electron chi connectivity index (χ1n) is 7.46. The van der Waals surface area contributed by atoms with Crippen molar-refractivity contribution in [2.45, 2.75) is 20.0 Å². The van der Waals surface area contributed by atoms with Crippen LogP contribution in [0.25, 0.3) is 11.3 Å². The van der Waals surface area contributed by atoms with E-state index < -0.39 is 0 Å². The van der Waals surface area contributed by atoms with Crippen LogP contribution >= 0.6 is 0 Å². The summed E-state index contributed by atoms with van der Waals surface area (Å²) in [7, 11) is 1.74. The lowest BCUT2D eigenvalue weighted by molar-refractivity contribution is 0.0775. The number of aryl methyl sites for hydroxylation is 1. The molecule has 0 aliphatic rings. The van der Waals surface area contributed by atoms with Crippen LogP contribution in [-0.4, -0.2) is 32.8 Å². The molecule has 0 unspecified atom stereocenters. The van der Waals surface area contributed by atoms with Crippen LogP contribution in [0.3, 0.4) is 0 Å². The topological polar surface area (TPSA) is 64.2 Å². The molecule has 0 saturated heterocycles. The highest BCUT2D eigenvalue weighted by atomic mass is 16.5. The third-order valence-electron chi connectivity index (χ3n) is 3.56. The molecule has 0 aliphatic heterocycles. The smallest absolute Gasteiger partial charge is 0.276 e. The molecule has 118 valence electrons. The third kappa shape index (κ3) is 3.31. The molecule has 23 heavy (non-hydrogen) atoms. The molecule has 0 radical (unpaired) electrons. The van der Waals surface area contributed by atoms with E-state index in [1.807, 2.05) is 48.1 Å². The van der Waals surface area contributed by atoms with Crippen molar-refractivity contribution < 1.29 is 9.32 Å². The zero-order valence-electron chi connectivity index (χ0n) is 13.1. The van der Waals surface area contributed by atoms with Crippen molar-refractivity contribution in [1.29, 1.82) is 0 Å². The molecule has 0 fully saturated rings. The fourth-order valence-electron chi connectivity index (χ4n) is 2.32. The molecule has 6 nitrogen and oxygen atoms in total. The second-order valence-electron chi connectivity index (χ2n) is 5.31. The molecule has 2 heterocycles. The molecule has 2 aromatic heterocycles. The van der Waals surface area contributed by atoms with Crippen LogP contribution in [0.4, 0.5) is 0 Å². The Bertz CT molecular complexity index is 792. The summed E-state index contributed by atoms with van der Waals surface area (Å²) in [5.74, 6) is 0.404. The van der Waals surface area contributed by atoms with Gasteiger partial charge in [-0.3, -0.25) is 9.48 Å². The van der Waals surface area contributed by atoms with E-state index in [4.69, 9.17) is 4.52 Å². The highest BCUT2D eigenvalue weighted by molar-refractivity contribution is 5.92. The number of benzene rings is 1. The first-order valence-corrected chi connectivity index (χ1v) is 7.46. The van der Waals surface area contributed by atoms with Crippen molar-refractivity contribution in [3.8, 4) is 11.3 Å². The predicted molar refractivity (Wildman–Crippen MR) is 85.6 cm³/mol. The lowest BCUT2D eigenvalue weighted by Gasteiger charge is -2.13. The Morgan fingerprint density at radius 1 is 1.30 bits per heavy atom. The summed E-state index contributed by atoms with van der Waals surface area (Å²) in [4.78, 5) is 14.0. The van der Waals surface area contributed by atoms with Crippen LogP contribution in [0.15, 0.2) is 53.3 Å². The summed E-state index contributed by atoms with van der Waals surface area (Å²) in [6, 6.07) is 11.3. The van der Waals surface area contributed by atoms with Gasteiger partial charge in [-0.15, -0.1) is 0 Å². The monoisotopic (exact) mass is 310 g/mol. The minimum Gasteiger partial charge on any atom is -0.355 e. The molecule has 1 aromatic carbocycles. The van der Waals surface area contributed by atoms with Gasteiger partial charge in [-0.05, 0) is 6.92 Å². The molecule has 0 N–H and O–H groups in total. The van der Waals surface area contributed by atoms with E-state index in [-0.39, 0.29) is 5.91 Å². The van der Waals surface area contributed by atoms with Crippen molar-refractivity contribution >= 4 is 5.91 Å². The lowest BCUT2D eigenvalue weighted by atomic mass is 10.1. The third-order valence-corrected chi connectivity index (χ3v) is 3.56. The minimum atomic E-state index is -0.180. The summed E-state index contributed by atoms with van der Waals surface area (Å²) < 4.78 is 7.11. The largest absolute Gasteiger partial charge is 0.355 e. The minimum absolute atomic E-state index is 0.180. The van der Waals surface area contributed by atoms with Gasteiger partial charge in [-0.1, -0.05) is 35.5 Å². The van der Waals surface area contributed by atoms with Gasteiger partial charge in [0.1, 0.15) is 0 Å². The Kier molecular flexibility index (Phi) is 4.23. The number of hydrogen-bond donors (Lipinski definition) is 0. The van der Waals surface area contributed by atoms with Crippen LogP contribution in [0.1, 0.15) is 23.0 Å². The molecule has 3 rings (SSSR count). The summed E-state index contributed by atoms with van der Waals surface area (Å²) in [5, 5.41) is 8.10. The lowest BCUT2D eigenvalue weighted by Crippen LogP contribution is -2.26. The Balaban J connectivity index is 1.71. The number of hydrogen-bond acceptors (Lipinski definition) is 4. The molecule has 1 amide bonds. The number of carbonyl (C=O) groups is 1. The van der Waals surface area contributed by atoms with Gasteiger partial charge < -0.3 is 9.42 Å². The van der Waals surface area contributed by atoms with Crippen LogP contribution in [0.2, 0.25) is 0 Å². The quantitative estimate of drug-likeness (QED) is 0.727. The Morgan fingerprint density at radius 3 is 2.78 bits per heavy atom. The summed E-state index contributed by atoms with van der Waals surface area (Å²) >= 11 is 0. The van der Waals surface area contributed by atoms with Gasteiger partial charge in [0.2, 0.25) is 0 Å². The Hall–Kier alpha value is -2.89. The highest BCUT2D eigenvalue weighted by Gasteiger charge is 2.18. The van der Waals surface area contributed by atoms with E-state index in [1.54, 1.807) is 24.2 Å². The van der Waals surface area contributed by atoms with E-state index in [0.717, 1.165) is 17.7 Å². The zero-order chi connectivity index (χ0) is 16.2. The highest BCUT2D eigenvalue weighted by Crippen LogP contribution is 2.20. The van der Waals surface area contributed by atoms with Gasteiger partial charge >= 0.3 is 0 Å². The molecule has 0 bridgehead atoms. The number of amides is 1. The SMILES string of the molecule is CCn1cc(CN(C)C(=O)c2cc(-c3ccccc3)on2)cn1. The standard InChI is InChI=1S/C17H18N4O2/c1-3-21-12-13(10-18-21)11-20(2)17(22)15-9-16(23-19-15)14-7-5-4-6-8-14/h4-10,12H,3,11H2,1-2H3. The van der Waals surface area contributed by atoms with Crippen molar-refractivity contribution in [1.82, 2.24) is 19.8 Å². The molecule has 6 heteroatoms. The molecule has 0 saturated carbocycles. The van der Waals surface area contributed by atoms with E-state index in [2.05, 4.69) is 10.3 Å². The molecule has 3 aromatic rings. The van der Waals surface area contributed by atoms with Crippen LogP contribution in [0.5, 0.6) is 0 Å². The van der Waals surface area contributed by atoms with Crippen molar-refractivity contribution in [2.75, 3.05) is 7.05 Å². The van der Waals surface area contributed by atoms with Crippen molar-refractivity contribution in [3.63, 3.8) is 0 Å². The van der Waals surface area contributed by atoms with Gasteiger partial charge in [0.25, 0.3) is 5.91 Å². The zero-order valence-corrected chi connectivity index (χ0v) is 13.1. The van der Waals surface area contributed by atoms with Crippen molar-refractivity contribution in [3.05, 3.63) is 60.0 Å². The van der Waals surface area contributed by atoms with Crippen LogP contribution in [0, 0.1) is 0 Å². The molecule has 0 spiro atoms. The van der Waals surface area contributed by atoms with E-state index >= 15 is 0 Å². The molecular formula is C17H18N4O2. The Labute approximate surface area is 134 Å². The maximum Gasteiger partial charge on any atom is 0.276 e. The summed E-state index contributed by atoms with van der Waals surface area (Å²) in [6.07, 6.45) is 3.70. The fraction of sp³-hybridized carbons (Fsp3) is 0.235. The average molecular weight is 310 g/mol.